The smallest absolute Gasteiger partial charge is 0.376 e. The number of hydrogen-bond donors (Lipinski definition) is 0. The summed E-state index contributed by atoms with van der Waals surface area (Å²) < 4.78 is 2.42. The van der Waals surface area contributed by atoms with Gasteiger partial charge in [-0.25, -0.2) is 4.57 Å². The Bertz CT molecular complexity index is 838. The molecule has 0 bridgehead atoms. The number of aromatic nitrogens is 2. The third-order valence-corrected chi connectivity index (χ3v) is 7.22. The Morgan fingerprint density at radius 3 is 2.38 bits per heavy atom. The van der Waals surface area contributed by atoms with Gasteiger partial charge in [0, 0.05) is 17.4 Å². The first-order chi connectivity index (χ1) is 12.4. The van der Waals surface area contributed by atoms with E-state index >= 15 is 0 Å². The summed E-state index contributed by atoms with van der Waals surface area (Å²) in [4.78, 5) is 9.68. The molecule has 136 valence electrons. The van der Waals surface area contributed by atoms with Gasteiger partial charge in [0.2, 0.25) is 12.1 Å². The largest absolute Gasteiger partial charge is 0.471 e. The minimum Gasteiger partial charge on any atom is -0.376 e. The predicted molar refractivity (Wildman–Crippen MR) is 109 cm³/mol. The van der Waals surface area contributed by atoms with Crippen molar-refractivity contribution >= 4 is 24.2 Å². The SMILES string of the molecule is CCC1(C)B2N(c3ccccc3N2C(C)C)c2ccnc[n+]2C1(C)CC. The number of nitrogens with zero attached hydrogens (tertiary/aromatic N) is 4. The van der Waals surface area contributed by atoms with E-state index in [1.54, 1.807) is 0 Å². The second-order valence-corrected chi connectivity index (χ2v) is 8.44. The quantitative estimate of drug-likeness (QED) is 0.601. The zero-order valence-corrected chi connectivity index (χ0v) is 16.9. The van der Waals surface area contributed by atoms with Crippen molar-refractivity contribution in [1.82, 2.24) is 4.98 Å². The molecule has 1 aromatic heterocycles. The van der Waals surface area contributed by atoms with E-state index < -0.39 is 0 Å². The number of para-hydroxylation sites is 2. The lowest BCUT2D eigenvalue weighted by Gasteiger charge is -2.53. The lowest BCUT2D eigenvalue weighted by Crippen LogP contribution is -2.75. The summed E-state index contributed by atoms with van der Waals surface area (Å²) in [6.45, 7) is 14.5. The Balaban J connectivity index is 2.08. The molecule has 0 amide bonds. The van der Waals surface area contributed by atoms with Crippen molar-refractivity contribution in [3.63, 3.8) is 0 Å². The lowest BCUT2D eigenvalue weighted by atomic mass is 9.39. The third-order valence-electron chi connectivity index (χ3n) is 7.22. The topological polar surface area (TPSA) is 23.2 Å². The van der Waals surface area contributed by atoms with Gasteiger partial charge in [0.25, 0.3) is 0 Å². The van der Waals surface area contributed by atoms with E-state index in [1.165, 1.54) is 17.2 Å². The Labute approximate surface area is 158 Å². The highest BCUT2D eigenvalue weighted by Crippen LogP contribution is 2.59. The van der Waals surface area contributed by atoms with Crippen molar-refractivity contribution in [3.8, 4) is 0 Å². The van der Waals surface area contributed by atoms with E-state index in [0.29, 0.717) is 13.0 Å². The first-order valence-electron chi connectivity index (χ1n) is 9.93. The summed E-state index contributed by atoms with van der Waals surface area (Å²) in [5, 5.41) is 0.0751. The lowest BCUT2D eigenvalue weighted by molar-refractivity contribution is -0.761. The molecule has 0 radical (unpaired) electrons. The molecule has 26 heavy (non-hydrogen) atoms. The second kappa shape index (κ2) is 5.73. The van der Waals surface area contributed by atoms with E-state index in [2.05, 4.69) is 91.0 Å². The normalized spacial score (nSPS) is 26.8. The van der Waals surface area contributed by atoms with Crippen molar-refractivity contribution in [1.29, 1.82) is 0 Å². The molecule has 2 aromatic rings. The number of fused-ring (bicyclic) bond motifs is 5. The zero-order chi connectivity index (χ0) is 18.7. The van der Waals surface area contributed by atoms with Gasteiger partial charge in [0.05, 0.1) is 11.2 Å². The van der Waals surface area contributed by atoms with Crippen LogP contribution in [0, 0.1) is 0 Å². The highest BCUT2D eigenvalue weighted by Gasteiger charge is 2.68. The average Bonchev–Trinajstić information content (AvgIpc) is 3.02. The first-order valence-corrected chi connectivity index (χ1v) is 9.93. The molecule has 2 aliphatic rings. The Hall–Kier alpha value is -2.04. The molecule has 0 saturated heterocycles. The molecule has 2 atom stereocenters. The molecule has 4 nitrogen and oxygen atoms in total. The number of rotatable bonds is 3. The van der Waals surface area contributed by atoms with E-state index in [4.69, 9.17) is 0 Å². The van der Waals surface area contributed by atoms with Gasteiger partial charge < -0.3 is 4.81 Å². The van der Waals surface area contributed by atoms with Crippen molar-refractivity contribution in [2.75, 3.05) is 9.62 Å². The van der Waals surface area contributed by atoms with Crippen LogP contribution in [0.1, 0.15) is 54.4 Å². The summed E-state index contributed by atoms with van der Waals surface area (Å²) in [7, 11) is 0. The minimum atomic E-state index is 0.00168. The molecule has 2 aliphatic heterocycles. The van der Waals surface area contributed by atoms with Crippen LogP contribution in [0.2, 0.25) is 5.31 Å². The molecule has 1 aromatic carbocycles. The Kier molecular flexibility index (Phi) is 3.83. The summed E-state index contributed by atoms with van der Waals surface area (Å²) in [6, 6.07) is 11.5. The van der Waals surface area contributed by atoms with Gasteiger partial charge in [0.15, 0.2) is 0 Å². The average molecular weight is 349 g/mol. The minimum absolute atomic E-state index is 0.00168. The fraction of sp³-hybridized carbons (Fsp3) is 0.524. The maximum Gasteiger partial charge on any atom is 0.471 e. The van der Waals surface area contributed by atoms with Crippen molar-refractivity contribution < 1.29 is 4.57 Å². The maximum atomic E-state index is 4.49. The molecule has 4 rings (SSSR count). The molecule has 5 heteroatoms. The number of anilines is 3. The van der Waals surface area contributed by atoms with Gasteiger partial charge in [-0.05, 0) is 45.7 Å². The number of hydrogen-bond acceptors (Lipinski definition) is 3. The molecule has 0 saturated carbocycles. The van der Waals surface area contributed by atoms with Crippen LogP contribution in [-0.4, -0.2) is 18.0 Å². The summed E-state index contributed by atoms with van der Waals surface area (Å²) in [5.41, 5.74) is 2.65. The van der Waals surface area contributed by atoms with Crippen LogP contribution in [0.3, 0.4) is 0 Å². The van der Waals surface area contributed by atoms with Gasteiger partial charge in [-0.15, -0.1) is 4.98 Å². The molecule has 0 spiro atoms. The molecule has 0 aliphatic carbocycles. The van der Waals surface area contributed by atoms with Crippen molar-refractivity contribution in [2.24, 2.45) is 0 Å². The summed E-state index contributed by atoms with van der Waals surface area (Å²) in [6.07, 6.45) is 6.14. The van der Waals surface area contributed by atoms with E-state index in [1.807, 2.05) is 12.5 Å². The standard InChI is InChI=1S/C21H30BN4/c1-7-20(5)21(6,8-2)24-15-23-14-13-19(24)26-18-12-10-9-11-17(18)25(16(3)4)22(20)26/h9-16H,7-8H2,1-6H3/q+1. The van der Waals surface area contributed by atoms with Crippen LogP contribution in [0.5, 0.6) is 0 Å². The fourth-order valence-electron chi connectivity index (χ4n) is 5.30. The van der Waals surface area contributed by atoms with Crippen LogP contribution in [0.15, 0.2) is 42.9 Å². The van der Waals surface area contributed by atoms with E-state index in [-0.39, 0.29) is 10.9 Å². The third kappa shape index (κ3) is 1.92. The highest BCUT2D eigenvalue weighted by molar-refractivity contribution is 6.74. The second-order valence-electron chi connectivity index (χ2n) is 8.44. The summed E-state index contributed by atoms with van der Waals surface area (Å²) in [5.74, 6) is 1.25. The first kappa shape index (κ1) is 17.4. The monoisotopic (exact) mass is 349 g/mol. The van der Waals surface area contributed by atoms with E-state index in [9.17, 15) is 0 Å². The van der Waals surface area contributed by atoms with Gasteiger partial charge in [-0.1, -0.05) is 32.9 Å². The fourth-order valence-corrected chi connectivity index (χ4v) is 5.30. The molecular formula is C21H30BN4+. The molecule has 0 fully saturated rings. The molecular weight excluding hydrogens is 319 g/mol. The van der Waals surface area contributed by atoms with Gasteiger partial charge in [0.1, 0.15) is 11.9 Å². The van der Waals surface area contributed by atoms with Crippen LogP contribution in [0.4, 0.5) is 17.2 Å². The molecule has 0 N–H and O–H groups in total. The maximum absolute atomic E-state index is 4.49. The highest BCUT2D eigenvalue weighted by atomic mass is 15.4. The molecule has 2 unspecified atom stereocenters. The van der Waals surface area contributed by atoms with Crippen LogP contribution >= 0.6 is 0 Å². The van der Waals surface area contributed by atoms with Crippen molar-refractivity contribution in [2.45, 2.75) is 71.3 Å². The Morgan fingerprint density at radius 2 is 1.77 bits per heavy atom. The van der Waals surface area contributed by atoms with Crippen LogP contribution < -0.4 is 14.2 Å². The van der Waals surface area contributed by atoms with E-state index in [0.717, 1.165) is 12.8 Å². The zero-order valence-electron chi connectivity index (χ0n) is 16.9. The number of benzene rings is 1. The van der Waals surface area contributed by atoms with Gasteiger partial charge in [-0.2, -0.15) is 0 Å². The Morgan fingerprint density at radius 1 is 1.08 bits per heavy atom. The summed E-state index contributed by atoms with van der Waals surface area (Å²) >= 11 is 0. The van der Waals surface area contributed by atoms with Gasteiger partial charge in [-0.3, -0.25) is 4.81 Å². The van der Waals surface area contributed by atoms with Gasteiger partial charge >= 0.3 is 6.98 Å². The molecule has 3 heterocycles. The van der Waals surface area contributed by atoms with Crippen LogP contribution in [0.25, 0.3) is 0 Å². The van der Waals surface area contributed by atoms with Crippen molar-refractivity contribution in [3.05, 3.63) is 42.9 Å². The predicted octanol–water partition coefficient (Wildman–Crippen LogP) is 4.53. The van der Waals surface area contributed by atoms with Crippen LogP contribution in [-0.2, 0) is 5.54 Å².